The zero-order valence-corrected chi connectivity index (χ0v) is 17.5. The van der Waals surface area contributed by atoms with E-state index in [0.29, 0.717) is 39.0 Å². The molecule has 8 heteroatoms. The van der Waals surface area contributed by atoms with Crippen LogP contribution in [0.3, 0.4) is 0 Å². The summed E-state index contributed by atoms with van der Waals surface area (Å²) >= 11 is 12.2. The molecule has 0 aliphatic heterocycles. The van der Waals surface area contributed by atoms with Crippen molar-refractivity contribution in [2.24, 2.45) is 0 Å². The van der Waals surface area contributed by atoms with Gasteiger partial charge in [-0.15, -0.1) is 0 Å². The number of nitrogens with one attached hydrogen (secondary N) is 1. The van der Waals surface area contributed by atoms with Crippen molar-refractivity contribution in [3.8, 4) is 23.0 Å². The van der Waals surface area contributed by atoms with Gasteiger partial charge in [0.2, 0.25) is 5.89 Å². The van der Waals surface area contributed by atoms with Crippen LogP contribution in [0.1, 0.15) is 10.4 Å². The number of methoxy groups -OCH3 is 2. The molecule has 0 fully saturated rings. The highest BCUT2D eigenvalue weighted by Crippen LogP contribution is 2.33. The standard InChI is InChI=1S/C22H16Cl2N2O4/c1-28-15-6-7-19-18(11-15)26-22(30-19)12-4-3-5-14(8-12)25-21(27)16-9-13(23)10-17(24)20(16)29-2/h3-11H,1-2H3,(H,25,27). The molecule has 3 aromatic carbocycles. The summed E-state index contributed by atoms with van der Waals surface area (Å²) in [6.45, 7) is 0. The van der Waals surface area contributed by atoms with Crippen LogP contribution >= 0.6 is 23.2 Å². The summed E-state index contributed by atoms with van der Waals surface area (Å²) in [4.78, 5) is 17.3. The molecular weight excluding hydrogens is 427 g/mol. The summed E-state index contributed by atoms with van der Waals surface area (Å²) in [6, 6.07) is 15.6. The number of ether oxygens (including phenoxy) is 2. The number of carbonyl (C=O) groups excluding carboxylic acids is 1. The number of rotatable bonds is 5. The van der Waals surface area contributed by atoms with E-state index in [9.17, 15) is 4.79 Å². The first-order chi connectivity index (χ1) is 14.5. The van der Waals surface area contributed by atoms with Gasteiger partial charge in [0.25, 0.3) is 5.91 Å². The van der Waals surface area contributed by atoms with E-state index in [1.165, 1.54) is 19.2 Å². The van der Waals surface area contributed by atoms with Crippen LogP contribution in [-0.4, -0.2) is 25.1 Å². The van der Waals surface area contributed by atoms with E-state index in [-0.39, 0.29) is 16.3 Å². The molecule has 0 radical (unpaired) electrons. The lowest BCUT2D eigenvalue weighted by molar-refractivity contribution is 0.102. The molecular formula is C22H16Cl2N2O4. The van der Waals surface area contributed by atoms with Gasteiger partial charge >= 0.3 is 0 Å². The van der Waals surface area contributed by atoms with Gasteiger partial charge < -0.3 is 19.2 Å². The maximum atomic E-state index is 12.8. The summed E-state index contributed by atoms with van der Waals surface area (Å²) in [6.07, 6.45) is 0. The molecule has 0 atom stereocenters. The van der Waals surface area contributed by atoms with Crippen LogP contribution in [0.15, 0.2) is 59.0 Å². The van der Waals surface area contributed by atoms with E-state index in [1.807, 2.05) is 6.07 Å². The van der Waals surface area contributed by atoms with Crippen LogP contribution in [0.25, 0.3) is 22.6 Å². The molecule has 0 saturated carbocycles. The molecule has 0 bridgehead atoms. The molecule has 1 heterocycles. The normalized spacial score (nSPS) is 10.8. The second-order valence-corrected chi connectivity index (χ2v) is 7.20. The minimum absolute atomic E-state index is 0.231. The number of aromatic nitrogens is 1. The van der Waals surface area contributed by atoms with Crippen LogP contribution in [0.4, 0.5) is 5.69 Å². The first kappa shape index (κ1) is 20.1. The van der Waals surface area contributed by atoms with Crippen molar-refractivity contribution in [3.05, 3.63) is 70.2 Å². The summed E-state index contributed by atoms with van der Waals surface area (Å²) < 4.78 is 16.3. The Morgan fingerprint density at radius 3 is 2.63 bits per heavy atom. The predicted octanol–water partition coefficient (Wildman–Crippen LogP) is 6.07. The Hall–Kier alpha value is -3.22. The monoisotopic (exact) mass is 442 g/mol. The van der Waals surface area contributed by atoms with Crippen LogP contribution in [-0.2, 0) is 0 Å². The lowest BCUT2D eigenvalue weighted by atomic mass is 10.1. The van der Waals surface area contributed by atoms with E-state index in [0.717, 1.165) is 0 Å². The third-order valence-corrected chi connectivity index (χ3v) is 4.92. The molecule has 1 N–H and O–H groups in total. The van der Waals surface area contributed by atoms with Crippen molar-refractivity contribution in [1.29, 1.82) is 0 Å². The van der Waals surface area contributed by atoms with E-state index in [1.54, 1.807) is 43.5 Å². The van der Waals surface area contributed by atoms with Gasteiger partial charge in [-0.2, -0.15) is 0 Å². The molecule has 0 unspecified atom stereocenters. The first-order valence-electron chi connectivity index (χ1n) is 8.88. The maximum Gasteiger partial charge on any atom is 0.259 e. The Kier molecular flexibility index (Phi) is 5.53. The summed E-state index contributed by atoms with van der Waals surface area (Å²) in [5.41, 5.74) is 2.81. The SMILES string of the molecule is COc1ccc2oc(-c3cccc(NC(=O)c4cc(Cl)cc(Cl)c4OC)c3)nc2c1. The maximum absolute atomic E-state index is 12.8. The van der Waals surface area contributed by atoms with Gasteiger partial charge in [0.1, 0.15) is 17.0 Å². The van der Waals surface area contributed by atoms with Crippen molar-refractivity contribution in [3.63, 3.8) is 0 Å². The van der Waals surface area contributed by atoms with Gasteiger partial charge in [0, 0.05) is 22.3 Å². The highest BCUT2D eigenvalue weighted by atomic mass is 35.5. The van der Waals surface area contributed by atoms with Crippen LogP contribution in [0.5, 0.6) is 11.5 Å². The Morgan fingerprint density at radius 1 is 1.03 bits per heavy atom. The van der Waals surface area contributed by atoms with Gasteiger partial charge in [-0.25, -0.2) is 4.98 Å². The molecule has 0 aliphatic rings. The minimum atomic E-state index is -0.407. The average Bonchev–Trinajstić information content (AvgIpc) is 3.16. The number of anilines is 1. The molecule has 0 spiro atoms. The number of carbonyl (C=O) groups is 1. The largest absolute Gasteiger partial charge is 0.497 e. The van der Waals surface area contributed by atoms with Gasteiger partial charge in [-0.3, -0.25) is 4.79 Å². The van der Waals surface area contributed by atoms with Crippen molar-refractivity contribution >= 4 is 45.9 Å². The molecule has 0 saturated heterocycles. The van der Waals surface area contributed by atoms with Gasteiger partial charge in [-0.05, 0) is 42.5 Å². The zero-order valence-electron chi connectivity index (χ0n) is 16.0. The number of halogens is 2. The third-order valence-electron chi connectivity index (χ3n) is 4.42. The molecule has 1 aromatic heterocycles. The summed E-state index contributed by atoms with van der Waals surface area (Å²) in [7, 11) is 3.03. The van der Waals surface area contributed by atoms with Crippen LogP contribution in [0.2, 0.25) is 10.0 Å². The lowest BCUT2D eigenvalue weighted by Crippen LogP contribution is -2.13. The number of oxazole rings is 1. The number of benzene rings is 3. The fourth-order valence-corrected chi connectivity index (χ4v) is 3.59. The first-order valence-corrected chi connectivity index (χ1v) is 9.63. The fraction of sp³-hybridized carbons (Fsp3) is 0.0909. The number of hydrogen-bond donors (Lipinski definition) is 1. The smallest absolute Gasteiger partial charge is 0.259 e. The second kappa shape index (κ2) is 8.26. The van der Waals surface area contributed by atoms with Crippen molar-refractivity contribution in [1.82, 2.24) is 4.98 Å². The van der Waals surface area contributed by atoms with Crippen molar-refractivity contribution in [2.45, 2.75) is 0 Å². The third kappa shape index (κ3) is 3.92. The average molecular weight is 443 g/mol. The van der Waals surface area contributed by atoms with E-state index in [4.69, 9.17) is 37.1 Å². The highest BCUT2D eigenvalue weighted by molar-refractivity contribution is 6.36. The molecule has 6 nitrogen and oxygen atoms in total. The zero-order chi connectivity index (χ0) is 21.3. The topological polar surface area (TPSA) is 73.6 Å². The van der Waals surface area contributed by atoms with E-state index < -0.39 is 5.91 Å². The fourth-order valence-electron chi connectivity index (χ4n) is 3.02. The quantitative estimate of drug-likeness (QED) is 0.405. The summed E-state index contributed by atoms with van der Waals surface area (Å²) in [5.74, 6) is 0.966. The molecule has 30 heavy (non-hydrogen) atoms. The number of nitrogens with zero attached hydrogens (tertiary/aromatic N) is 1. The predicted molar refractivity (Wildman–Crippen MR) is 117 cm³/mol. The molecule has 4 rings (SSSR count). The van der Waals surface area contributed by atoms with Gasteiger partial charge in [-0.1, -0.05) is 29.3 Å². The highest BCUT2D eigenvalue weighted by Gasteiger charge is 2.17. The number of hydrogen-bond acceptors (Lipinski definition) is 5. The van der Waals surface area contributed by atoms with Gasteiger partial charge in [0.05, 0.1) is 24.8 Å². The van der Waals surface area contributed by atoms with Crippen LogP contribution in [0, 0.1) is 0 Å². The van der Waals surface area contributed by atoms with Crippen molar-refractivity contribution < 1.29 is 18.7 Å². The molecule has 0 aliphatic carbocycles. The minimum Gasteiger partial charge on any atom is -0.497 e. The van der Waals surface area contributed by atoms with Crippen molar-refractivity contribution in [2.75, 3.05) is 19.5 Å². The Labute approximate surface area is 182 Å². The molecule has 4 aromatic rings. The van der Waals surface area contributed by atoms with Crippen LogP contribution < -0.4 is 14.8 Å². The lowest BCUT2D eigenvalue weighted by Gasteiger charge is -2.12. The Balaban J connectivity index is 1.64. The number of fused-ring (bicyclic) bond motifs is 1. The molecule has 1 amide bonds. The Morgan fingerprint density at radius 2 is 1.87 bits per heavy atom. The second-order valence-electron chi connectivity index (χ2n) is 6.36. The molecule has 152 valence electrons. The Bertz CT molecular complexity index is 1250. The summed E-state index contributed by atoms with van der Waals surface area (Å²) in [5, 5.41) is 3.41. The van der Waals surface area contributed by atoms with Gasteiger partial charge in [0.15, 0.2) is 5.58 Å². The van der Waals surface area contributed by atoms with E-state index >= 15 is 0 Å². The van der Waals surface area contributed by atoms with E-state index in [2.05, 4.69) is 10.3 Å². The number of amides is 1.